The second kappa shape index (κ2) is 10.1. The van der Waals surface area contributed by atoms with E-state index >= 15 is 0 Å². The highest BCUT2D eigenvalue weighted by molar-refractivity contribution is 5.69. The van der Waals surface area contributed by atoms with Crippen LogP contribution in [0.1, 0.15) is 125 Å². The average Bonchev–Trinajstić information content (AvgIpc) is 3.11. The molecular formula is C31H52O2. The van der Waals surface area contributed by atoms with Crippen LogP contribution in [0.15, 0.2) is 11.6 Å². The number of fused-ring (bicyclic) bond motifs is 5. The van der Waals surface area contributed by atoms with E-state index < -0.39 is 0 Å². The summed E-state index contributed by atoms with van der Waals surface area (Å²) in [6.45, 7) is 14.6. The van der Waals surface area contributed by atoms with Crippen molar-refractivity contribution in [1.82, 2.24) is 0 Å². The SMILES string of the molecule is CCCC(=O)O[C@@H]1CC[C@]2(C)C(=CC[C@H]3[C@H]4CC[C@H]([C@@H](C)CCCC(C)C)[C@]4(C)CC[C@H]32)C1. The number of rotatable bonds is 8. The fourth-order valence-electron chi connectivity index (χ4n) is 9.20. The normalized spacial score (nSPS) is 41.1. The predicted octanol–water partition coefficient (Wildman–Crippen LogP) is 8.74. The molecule has 33 heavy (non-hydrogen) atoms. The molecule has 0 spiro atoms. The number of allylic oxidation sites excluding steroid dienone is 1. The van der Waals surface area contributed by atoms with Gasteiger partial charge in [-0.05, 0) is 97.7 Å². The van der Waals surface area contributed by atoms with Crippen molar-refractivity contribution < 1.29 is 9.53 Å². The minimum Gasteiger partial charge on any atom is -0.462 e. The van der Waals surface area contributed by atoms with Gasteiger partial charge < -0.3 is 4.74 Å². The molecule has 4 aliphatic rings. The molecule has 0 bridgehead atoms. The molecule has 0 aromatic heterocycles. The van der Waals surface area contributed by atoms with E-state index in [-0.39, 0.29) is 12.1 Å². The van der Waals surface area contributed by atoms with Gasteiger partial charge in [-0.3, -0.25) is 4.79 Å². The van der Waals surface area contributed by atoms with E-state index in [1.807, 2.05) is 0 Å². The van der Waals surface area contributed by atoms with Crippen LogP contribution in [0, 0.1) is 46.3 Å². The Kier molecular flexibility index (Phi) is 7.72. The van der Waals surface area contributed by atoms with E-state index in [2.05, 4.69) is 47.6 Å². The maximum Gasteiger partial charge on any atom is 0.306 e. The van der Waals surface area contributed by atoms with Crippen molar-refractivity contribution in [1.29, 1.82) is 0 Å². The molecule has 2 nitrogen and oxygen atoms in total. The lowest BCUT2D eigenvalue weighted by Gasteiger charge is -2.58. The molecule has 4 rings (SSSR count). The third kappa shape index (κ3) is 4.84. The third-order valence-electron chi connectivity index (χ3n) is 11.0. The van der Waals surface area contributed by atoms with Gasteiger partial charge in [0.05, 0.1) is 0 Å². The summed E-state index contributed by atoms with van der Waals surface area (Å²) in [5.74, 6) is 5.31. The first-order valence-electron chi connectivity index (χ1n) is 14.6. The van der Waals surface area contributed by atoms with Crippen molar-refractivity contribution in [3.05, 3.63) is 11.6 Å². The van der Waals surface area contributed by atoms with Crippen molar-refractivity contribution in [2.24, 2.45) is 46.3 Å². The van der Waals surface area contributed by atoms with Gasteiger partial charge in [0.2, 0.25) is 0 Å². The maximum absolute atomic E-state index is 12.1. The Morgan fingerprint density at radius 3 is 2.58 bits per heavy atom. The quantitative estimate of drug-likeness (QED) is 0.269. The van der Waals surface area contributed by atoms with Crippen molar-refractivity contribution in [2.45, 2.75) is 131 Å². The smallest absolute Gasteiger partial charge is 0.306 e. The Hall–Kier alpha value is -0.790. The summed E-state index contributed by atoms with van der Waals surface area (Å²) in [6, 6.07) is 0. The fraction of sp³-hybridized carbons (Fsp3) is 0.903. The summed E-state index contributed by atoms with van der Waals surface area (Å²) >= 11 is 0. The molecule has 4 aliphatic carbocycles. The molecule has 3 fully saturated rings. The third-order valence-corrected chi connectivity index (χ3v) is 11.0. The number of carbonyl (C=O) groups excluding carboxylic acids is 1. The van der Waals surface area contributed by atoms with Gasteiger partial charge >= 0.3 is 5.97 Å². The first-order valence-corrected chi connectivity index (χ1v) is 14.6. The summed E-state index contributed by atoms with van der Waals surface area (Å²) in [7, 11) is 0. The molecule has 2 heteroatoms. The van der Waals surface area contributed by atoms with Crippen molar-refractivity contribution >= 4 is 5.97 Å². The zero-order valence-corrected chi connectivity index (χ0v) is 22.6. The minimum atomic E-state index is 0.00772. The molecule has 0 aromatic rings. The predicted molar refractivity (Wildman–Crippen MR) is 138 cm³/mol. The highest BCUT2D eigenvalue weighted by Gasteiger charge is 2.59. The molecule has 0 saturated heterocycles. The van der Waals surface area contributed by atoms with Gasteiger partial charge in [-0.15, -0.1) is 0 Å². The molecule has 8 atom stereocenters. The summed E-state index contributed by atoms with van der Waals surface area (Å²) in [6.07, 6.45) is 18.8. The zero-order chi connectivity index (χ0) is 23.8. The molecule has 0 radical (unpaired) electrons. The number of esters is 1. The number of carbonyl (C=O) groups is 1. The van der Waals surface area contributed by atoms with Crippen LogP contribution in [0.4, 0.5) is 0 Å². The minimum absolute atomic E-state index is 0.00772. The van der Waals surface area contributed by atoms with Crippen LogP contribution in [-0.4, -0.2) is 12.1 Å². The maximum atomic E-state index is 12.1. The molecule has 188 valence electrons. The molecule has 0 amide bonds. The second-order valence-corrected chi connectivity index (χ2v) is 13.4. The molecular weight excluding hydrogens is 404 g/mol. The molecule has 0 unspecified atom stereocenters. The molecule has 0 aromatic carbocycles. The van der Waals surface area contributed by atoms with E-state index in [0.717, 1.165) is 54.8 Å². The van der Waals surface area contributed by atoms with E-state index in [4.69, 9.17) is 4.74 Å². The average molecular weight is 457 g/mol. The van der Waals surface area contributed by atoms with Gasteiger partial charge in [-0.1, -0.05) is 72.5 Å². The van der Waals surface area contributed by atoms with E-state index in [9.17, 15) is 4.79 Å². The molecule has 0 aliphatic heterocycles. The van der Waals surface area contributed by atoms with Crippen molar-refractivity contribution in [3.8, 4) is 0 Å². The summed E-state index contributed by atoms with van der Waals surface area (Å²) in [4.78, 5) is 12.1. The van der Waals surface area contributed by atoms with Gasteiger partial charge in [0.25, 0.3) is 0 Å². The van der Waals surface area contributed by atoms with Crippen LogP contribution in [-0.2, 0) is 9.53 Å². The van der Waals surface area contributed by atoms with Gasteiger partial charge in [0.1, 0.15) is 6.10 Å². The highest BCUT2D eigenvalue weighted by Crippen LogP contribution is 2.67. The molecule has 0 heterocycles. The van der Waals surface area contributed by atoms with E-state index in [0.29, 0.717) is 17.3 Å². The molecule has 0 N–H and O–H groups in total. The van der Waals surface area contributed by atoms with Crippen LogP contribution in [0.2, 0.25) is 0 Å². The van der Waals surface area contributed by atoms with Gasteiger partial charge in [-0.2, -0.15) is 0 Å². The Balaban J connectivity index is 1.43. The van der Waals surface area contributed by atoms with Crippen LogP contribution >= 0.6 is 0 Å². The number of hydrogen-bond acceptors (Lipinski definition) is 2. The van der Waals surface area contributed by atoms with Gasteiger partial charge in [-0.25, -0.2) is 0 Å². The van der Waals surface area contributed by atoms with Crippen molar-refractivity contribution in [2.75, 3.05) is 0 Å². The Morgan fingerprint density at radius 1 is 1.06 bits per heavy atom. The number of ether oxygens (including phenoxy) is 1. The summed E-state index contributed by atoms with van der Waals surface area (Å²) < 4.78 is 5.85. The lowest BCUT2D eigenvalue weighted by atomic mass is 9.47. The van der Waals surface area contributed by atoms with Crippen LogP contribution < -0.4 is 0 Å². The fourth-order valence-corrected chi connectivity index (χ4v) is 9.20. The van der Waals surface area contributed by atoms with E-state index in [1.165, 1.54) is 57.8 Å². The van der Waals surface area contributed by atoms with Gasteiger partial charge in [0.15, 0.2) is 0 Å². The van der Waals surface area contributed by atoms with Crippen molar-refractivity contribution in [3.63, 3.8) is 0 Å². The topological polar surface area (TPSA) is 26.3 Å². The first-order chi connectivity index (χ1) is 15.7. The lowest BCUT2D eigenvalue weighted by Crippen LogP contribution is -2.51. The second-order valence-electron chi connectivity index (χ2n) is 13.4. The first kappa shape index (κ1) is 25.3. The standard InChI is InChI=1S/C31H52O2/c1-7-9-29(32)33-24-16-18-30(5)23(20-24)12-13-25-27-15-14-26(22(4)11-8-10-21(2)3)31(27,6)19-17-28(25)30/h12,21-22,24-28H,7-11,13-20H2,1-6H3/t22-,24+,25-,26+,27+,28+,30+,31-/m0/s1. The Morgan fingerprint density at radius 2 is 1.85 bits per heavy atom. The summed E-state index contributed by atoms with van der Waals surface area (Å²) in [5, 5.41) is 0. The lowest BCUT2D eigenvalue weighted by molar-refractivity contribution is -0.151. The van der Waals surface area contributed by atoms with Gasteiger partial charge in [0, 0.05) is 12.8 Å². The molecule has 3 saturated carbocycles. The highest BCUT2D eigenvalue weighted by atomic mass is 16.5. The summed E-state index contributed by atoms with van der Waals surface area (Å²) in [5.41, 5.74) is 2.54. The van der Waals surface area contributed by atoms with Crippen LogP contribution in [0.25, 0.3) is 0 Å². The van der Waals surface area contributed by atoms with Crippen LogP contribution in [0.5, 0.6) is 0 Å². The Labute approximate surface area is 204 Å². The van der Waals surface area contributed by atoms with Crippen LogP contribution in [0.3, 0.4) is 0 Å². The Bertz CT molecular complexity index is 722. The largest absolute Gasteiger partial charge is 0.462 e. The number of hydrogen-bond donors (Lipinski definition) is 0. The monoisotopic (exact) mass is 456 g/mol. The zero-order valence-electron chi connectivity index (χ0n) is 22.6. The van der Waals surface area contributed by atoms with E-state index in [1.54, 1.807) is 5.57 Å².